The van der Waals surface area contributed by atoms with E-state index in [0.717, 1.165) is 61.2 Å². The van der Waals surface area contributed by atoms with Gasteiger partial charge in [-0.05, 0) is 57.6 Å². The molecule has 0 spiro atoms. The zero-order valence-electron chi connectivity index (χ0n) is 30.9. The molecule has 265 valence electrons. The normalized spacial score (nSPS) is 11.8. The zero-order chi connectivity index (χ0) is 36.0. The number of rotatable bonds is 3. The Morgan fingerprint density at radius 3 is 1.85 bits per heavy atom. The summed E-state index contributed by atoms with van der Waals surface area (Å²) >= 11 is 0. The van der Waals surface area contributed by atoms with Crippen molar-refractivity contribution in [3.8, 4) is 28.2 Å². The minimum absolute atomic E-state index is 0. The molecule has 0 aliphatic rings. The number of nitrogens with zero attached hydrogens (tertiary/aromatic N) is 3. The van der Waals surface area contributed by atoms with Crippen LogP contribution in [0.3, 0.4) is 0 Å². The smallest absolute Gasteiger partial charge is 0.144 e. The van der Waals surface area contributed by atoms with E-state index in [1.54, 1.807) is 0 Å². The second-order valence-corrected chi connectivity index (χ2v) is 15.4. The second kappa shape index (κ2) is 14.2. The molecule has 9 rings (SSSR count). The van der Waals surface area contributed by atoms with Crippen LogP contribution in [-0.2, 0) is 30.9 Å². The van der Waals surface area contributed by atoms with Crippen LogP contribution in [0.5, 0.6) is 0 Å². The molecule has 53 heavy (non-hydrogen) atoms. The maximum absolute atomic E-state index is 6.72. The topological polar surface area (TPSA) is 43.9 Å². The fourth-order valence-corrected chi connectivity index (χ4v) is 6.88. The van der Waals surface area contributed by atoms with Gasteiger partial charge >= 0.3 is 0 Å². The SMILES string of the molecule is CC(C)(C)c1ccc(-c2[c-]cccc2)nc1.CC(C)(C)c1ccnc(-c2[c-]ccc3c2oc2c(-n4c5ccccc5c5ccccc54)cccc23)c1.[Ir]. The molecule has 5 heteroatoms. The molecule has 0 saturated carbocycles. The molecule has 9 aromatic rings. The minimum Gasteiger partial charge on any atom is -0.498 e. The third-order valence-electron chi connectivity index (χ3n) is 9.76. The van der Waals surface area contributed by atoms with Gasteiger partial charge in [0.1, 0.15) is 5.58 Å². The van der Waals surface area contributed by atoms with Crippen LogP contribution in [0, 0.1) is 12.1 Å². The van der Waals surface area contributed by atoms with Crippen LogP contribution in [0.2, 0.25) is 0 Å². The summed E-state index contributed by atoms with van der Waals surface area (Å²) in [5.41, 5.74) is 11.5. The fraction of sp³-hybridized carbons (Fsp3) is 0.167. The van der Waals surface area contributed by atoms with E-state index in [-0.39, 0.29) is 30.9 Å². The summed E-state index contributed by atoms with van der Waals surface area (Å²) in [6.07, 6.45) is 3.84. The van der Waals surface area contributed by atoms with E-state index in [4.69, 9.17) is 9.40 Å². The van der Waals surface area contributed by atoms with Gasteiger partial charge in [0.2, 0.25) is 0 Å². The van der Waals surface area contributed by atoms with E-state index in [1.807, 2.05) is 42.7 Å². The molecule has 4 heterocycles. The average molecular weight is 868 g/mol. The Bertz CT molecular complexity index is 2640. The number of fused-ring (bicyclic) bond motifs is 6. The molecule has 0 unspecified atom stereocenters. The van der Waals surface area contributed by atoms with E-state index in [1.165, 1.54) is 21.9 Å². The molecular formula is C48H41IrN3O-2. The van der Waals surface area contributed by atoms with Gasteiger partial charge in [-0.2, -0.15) is 0 Å². The quantitative estimate of drug-likeness (QED) is 0.166. The minimum atomic E-state index is 0. The van der Waals surface area contributed by atoms with Crippen LogP contribution in [0.1, 0.15) is 52.7 Å². The summed E-state index contributed by atoms with van der Waals surface area (Å²) < 4.78 is 9.04. The van der Waals surface area contributed by atoms with Crippen molar-refractivity contribution in [1.82, 2.24) is 14.5 Å². The van der Waals surface area contributed by atoms with Crippen molar-refractivity contribution in [2.75, 3.05) is 0 Å². The van der Waals surface area contributed by atoms with Gasteiger partial charge in [-0.1, -0.05) is 119 Å². The Hall–Kier alpha value is -5.35. The standard InChI is InChI=1S/C33H25N2O.C15H16N.Ir/c1-33(2,3)21-18-19-34-27(20-21)26-14-8-12-24-25-13-9-17-30(32(25)36-31(24)26)35-28-15-6-4-10-22(28)23-11-5-7-16-29(23)35;1-15(2,3)13-9-10-14(16-11-13)12-7-5-4-6-8-12;/h4-13,15-20H,1-3H3;4-7,9-11H,1-3H3;/q2*-1;. The largest absolute Gasteiger partial charge is 0.498 e. The molecule has 5 aromatic carbocycles. The molecule has 0 aliphatic heterocycles. The molecule has 0 aliphatic carbocycles. The van der Waals surface area contributed by atoms with Gasteiger partial charge in [-0.25, -0.2) is 0 Å². The molecule has 0 amide bonds. The Labute approximate surface area is 324 Å². The number of hydrogen-bond acceptors (Lipinski definition) is 3. The Morgan fingerprint density at radius 2 is 1.21 bits per heavy atom. The van der Waals surface area contributed by atoms with Gasteiger partial charge in [0.05, 0.1) is 22.3 Å². The summed E-state index contributed by atoms with van der Waals surface area (Å²) in [5, 5.41) is 4.63. The monoisotopic (exact) mass is 868 g/mol. The molecule has 0 fully saturated rings. The molecule has 0 bridgehead atoms. The first kappa shape index (κ1) is 36.0. The van der Waals surface area contributed by atoms with Gasteiger partial charge in [0, 0.05) is 48.7 Å². The van der Waals surface area contributed by atoms with E-state index in [0.29, 0.717) is 0 Å². The van der Waals surface area contributed by atoms with Crippen LogP contribution in [0.15, 0.2) is 144 Å². The Kier molecular flexibility index (Phi) is 9.67. The van der Waals surface area contributed by atoms with Crippen molar-refractivity contribution >= 4 is 43.7 Å². The van der Waals surface area contributed by atoms with E-state index >= 15 is 0 Å². The van der Waals surface area contributed by atoms with Crippen LogP contribution < -0.4 is 0 Å². The van der Waals surface area contributed by atoms with Crippen molar-refractivity contribution in [2.24, 2.45) is 0 Å². The van der Waals surface area contributed by atoms with Gasteiger partial charge in [-0.3, -0.25) is 0 Å². The summed E-state index contributed by atoms with van der Waals surface area (Å²) in [6, 6.07) is 50.5. The number of furan rings is 1. The number of aromatic nitrogens is 3. The molecule has 0 atom stereocenters. The maximum atomic E-state index is 6.72. The van der Waals surface area contributed by atoms with Gasteiger partial charge < -0.3 is 19.0 Å². The second-order valence-electron chi connectivity index (χ2n) is 15.4. The van der Waals surface area contributed by atoms with Gasteiger partial charge in [-0.15, -0.1) is 54.1 Å². The molecule has 0 N–H and O–H groups in total. The Balaban J connectivity index is 0.000000216. The average Bonchev–Trinajstić information content (AvgIpc) is 3.71. The van der Waals surface area contributed by atoms with E-state index in [9.17, 15) is 0 Å². The van der Waals surface area contributed by atoms with Crippen LogP contribution in [-0.4, -0.2) is 14.5 Å². The first-order valence-corrected chi connectivity index (χ1v) is 17.8. The number of para-hydroxylation sites is 3. The van der Waals surface area contributed by atoms with Crippen molar-refractivity contribution in [3.05, 3.63) is 163 Å². The first-order valence-electron chi connectivity index (χ1n) is 17.8. The zero-order valence-corrected chi connectivity index (χ0v) is 33.3. The molecule has 1 radical (unpaired) electrons. The molecule has 0 saturated heterocycles. The predicted octanol–water partition coefficient (Wildman–Crippen LogP) is 12.7. The number of pyridine rings is 2. The van der Waals surface area contributed by atoms with Gasteiger partial charge in [0.15, 0.2) is 0 Å². The molecular weight excluding hydrogens is 827 g/mol. The molecule has 4 nitrogen and oxygen atoms in total. The third-order valence-corrected chi connectivity index (χ3v) is 9.76. The van der Waals surface area contributed by atoms with E-state index < -0.39 is 0 Å². The molecule has 4 aromatic heterocycles. The summed E-state index contributed by atoms with van der Waals surface area (Å²) in [5.74, 6) is 0. The van der Waals surface area contributed by atoms with Gasteiger partial charge in [0.25, 0.3) is 0 Å². The fourth-order valence-electron chi connectivity index (χ4n) is 6.88. The van der Waals surface area contributed by atoms with Crippen molar-refractivity contribution in [3.63, 3.8) is 0 Å². The van der Waals surface area contributed by atoms with Crippen LogP contribution >= 0.6 is 0 Å². The summed E-state index contributed by atoms with van der Waals surface area (Å²) in [6.45, 7) is 13.2. The summed E-state index contributed by atoms with van der Waals surface area (Å²) in [7, 11) is 0. The first-order chi connectivity index (χ1) is 25.1. The predicted molar refractivity (Wildman–Crippen MR) is 216 cm³/mol. The van der Waals surface area contributed by atoms with Crippen LogP contribution in [0.4, 0.5) is 0 Å². The van der Waals surface area contributed by atoms with Crippen molar-refractivity contribution < 1.29 is 24.5 Å². The third kappa shape index (κ3) is 6.83. The van der Waals surface area contributed by atoms with Crippen molar-refractivity contribution in [1.29, 1.82) is 0 Å². The van der Waals surface area contributed by atoms with Crippen LogP contribution in [0.25, 0.3) is 71.9 Å². The number of hydrogen-bond donors (Lipinski definition) is 0. The van der Waals surface area contributed by atoms with E-state index in [2.05, 4.69) is 160 Å². The number of benzene rings is 5. The van der Waals surface area contributed by atoms with Crippen molar-refractivity contribution in [2.45, 2.75) is 52.4 Å². The summed E-state index contributed by atoms with van der Waals surface area (Å²) in [4.78, 5) is 9.19. The maximum Gasteiger partial charge on any atom is 0.144 e. The Morgan fingerprint density at radius 1 is 0.547 bits per heavy atom.